The standard InChI is InChI=1S/C23H27N3O3/c1-28-19-8-6-17(7-9-19)22(26-10-12-29-13-11-26)16-25-23(27)14-18-15-24-21-5-3-2-4-20(18)21/h2-9,15,22,24H,10-14,16H2,1H3,(H,25,27). The van der Waals surface area contributed by atoms with E-state index in [4.69, 9.17) is 9.47 Å². The molecule has 1 atom stereocenters. The van der Waals surface area contributed by atoms with Crippen LogP contribution in [-0.2, 0) is 16.0 Å². The number of aromatic nitrogens is 1. The Morgan fingerprint density at radius 2 is 1.93 bits per heavy atom. The predicted molar refractivity (Wildman–Crippen MR) is 113 cm³/mol. The summed E-state index contributed by atoms with van der Waals surface area (Å²) >= 11 is 0. The number of benzene rings is 2. The highest BCUT2D eigenvalue weighted by atomic mass is 16.5. The van der Waals surface area contributed by atoms with Crippen LogP contribution in [0.25, 0.3) is 10.9 Å². The van der Waals surface area contributed by atoms with Crippen molar-refractivity contribution in [2.45, 2.75) is 12.5 Å². The second kappa shape index (κ2) is 9.11. The van der Waals surface area contributed by atoms with Crippen LogP contribution in [0.4, 0.5) is 0 Å². The van der Waals surface area contributed by atoms with Gasteiger partial charge in [0.2, 0.25) is 5.91 Å². The zero-order valence-corrected chi connectivity index (χ0v) is 16.7. The summed E-state index contributed by atoms with van der Waals surface area (Å²) in [7, 11) is 1.67. The van der Waals surface area contributed by atoms with Gasteiger partial charge in [-0.05, 0) is 29.3 Å². The van der Waals surface area contributed by atoms with E-state index < -0.39 is 0 Å². The fourth-order valence-electron chi connectivity index (χ4n) is 3.90. The monoisotopic (exact) mass is 393 g/mol. The summed E-state index contributed by atoms with van der Waals surface area (Å²) in [5.74, 6) is 0.861. The molecule has 2 N–H and O–H groups in total. The number of carbonyl (C=O) groups excluding carboxylic acids is 1. The second-order valence-electron chi connectivity index (χ2n) is 7.28. The molecule has 152 valence electrons. The van der Waals surface area contributed by atoms with Gasteiger partial charge < -0.3 is 19.8 Å². The number of hydrogen-bond acceptors (Lipinski definition) is 4. The fourth-order valence-corrected chi connectivity index (χ4v) is 3.90. The van der Waals surface area contributed by atoms with Gasteiger partial charge in [0.15, 0.2) is 0 Å². The normalized spacial score (nSPS) is 15.9. The molecular formula is C23H27N3O3. The van der Waals surface area contributed by atoms with Crippen LogP contribution < -0.4 is 10.1 Å². The Morgan fingerprint density at radius 1 is 1.17 bits per heavy atom. The maximum absolute atomic E-state index is 12.7. The lowest BCUT2D eigenvalue weighted by Crippen LogP contribution is -2.44. The molecule has 1 fully saturated rings. The molecule has 0 bridgehead atoms. The second-order valence-corrected chi connectivity index (χ2v) is 7.28. The molecule has 29 heavy (non-hydrogen) atoms. The number of hydrogen-bond donors (Lipinski definition) is 2. The first kappa shape index (κ1) is 19.5. The first-order valence-corrected chi connectivity index (χ1v) is 10.0. The summed E-state index contributed by atoms with van der Waals surface area (Å²) in [5, 5.41) is 4.24. The van der Waals surface area contributed by atoms with E-state index in [-0.39, 0.29) is 11.9 Å². The van der Waals surface area contributed by atoms with Gasteiger partial charge in [-0.1, -0.05) is 30.3 Å². The van der Waals surface area contributed by atoms with Gasteiger partial charge in [0.1, 0.15) is 5.75 Å². The zero-order valence-electron chi connectivity index (χ0n) is 16.7. The van der Waals surface area contributed by atoms with E-state index in [1.165, 1.54) is 5.56 Å². The molecule has 0 aliphatic carbocycles. The van der Waals surface area contributed by atoms with Gasteiger partial charge in [-0.2, -0.15) is 0 Å². The molecule has 3 aromatic rings. The summed E-state index contributed by atoms with van der Waals surface area (Å²) in [6.45, 7) is 3.71. The highest BCUT2D eigenvalue weighted by Gasteiger charge is 2.23. The largest absolute Gasteiger partial charge is 0.497 e. The highest BCUT2D eigenvalue weighted by molar-refractivity contribution is 5.88. The number of fused-ring (bicyclic) bond motifs is 1. The van der Waals surface area contributed by atoms with Crippen molar-refractivity contribution >= 4 is 16.8 Å². The number of rotatable bonds is 7. The van der Waals surface area contributed by atoms with Crippen LogP contribution in [0, 0.1) is 0 Å². The van der Waals surface area contributed by atoms with Crippen molar-refractivity contribution in [3.05, 3.63) is 65.9 Å². The predicted octanol–water partition coefficient (Wildman–Crippen LogP) is 2.91. The number of para-hydroxylation sites is 1. The Kier molecular flexibility index (Phi) is 6.12. The maximum Gasteiger partial charge on any atom is 0.224 e. The van der Waals surface area contributed by atoms with Crippen LogP contribution >= 0.6 is 0 Å². The molecule has 1 aliphatic rings. The van der Waals surface area contributed by atoms with Crippen LogP contribution in [0.5, 0.6) is 5.75 Å². The lowest BCUT2D eigenvalue weighted by Gasteiger charge is -2.35. The molecule has 6 heteroatoms. The molecular weight excluding hydrogens is 366 g/mol. The molecule has 1 aromatic heterocycles. The smallest absolute Gasteiger partial charge is 0.224 e. The van der Waals surface area contributed by atoms with Crippen molar-refractivity contribution < 1.29 is 14.3 Å². The van der Waals surface area contributed by atoms with E-state index in [0.29, 0.717) is 13.0 Å². The van der Waals surface area contributed by atoms with E-state index in [0.717, 1.165) is 48.5 Å². The Hall–Kier alpha value is -2.83. The molecule has 0 spiro atoms. The average molecular weight is 393 g/mol. The lowest BCUT2D eigenvalue weighted by atomic mass is 10.0. The van der Waals surface area contributed by atoms with E-state index >= 15 is 0 Å². The van der Waals surface area contributed by atoms with E-state index in [2.05, 4.69) is 27.3 Å². The Labute approximate surface area is 170 Å². The third-order valence-corrected chi connectivity index (χ3v) is 5.51. The van der Waals surface area contributed by atoms with Gasteiger partial charge in [-0.15, -0.1) is 0 Å². The van der Waals surface area contributed by atoms with Gasteiger partial charge in [-0.3, -0.25) is 9.69 Å². The lowest BCUT2D eigenvalue weighted by molar-refractivity contribution is -0.120. The Morgan fingerprint density at radius 3 is 2.69 bits per heavy atom. The SMILES string of the molecule is COc1ccc(C(CNC(=O)Cc2c[nH]c3ccccc23)N2CCOCC2)cc1. The molecule has 1 amide bonds. The number of amides is 1. The average Bonchev–Trinajstić information content (AvgIpc) is 3.18. The van der Waals surface area contributed by atoms with Crippen LogP contribution in [0.2, 0.25) is 0 Å². The van der Waals surface area contributed by atoms with Crippen molar-refractivity contribution in [1.82, 2.24) is 15.2 Å². The van der Waals surface area contributed by atoms with Crippen molar-refractivity contribution in [3.63, 3.8) is 0 Å². The molecule has 1 unspecified atom stereocenters. The van der Waals surface area contributed by atoms with Crippen molar-refractivity contribution in [2.75, 3.05) is 40.0 Å². The van der Waals surface area contributed by atoms with Crippen LogP contribution in [0.15, 0.2) is 54.7 Å². The molecule has 1 saturated heterocycles. The maximum atomic E-state index is 12.7. The number of nitrogens with one attached hydrogen (secondary N) is 2. The molecule has 6 nitrogen and oxygen atoms in total. The highest BCUT2D eigenvalue weighted by Crippen LogP contribution is 2.24. The van der Waals surface area contributed by atoms with Crippen molar-refractivity contribution in [3.8, 4) is 5.75 Å². The summed E-state index contributed by atoms with van der Waals surface area (Å²) in [4.78, 5) is 18.3. The number of aromatic amines is 1. The molecule has 0 saturated carbocycles. The van der Waals surface area contributed by atoms with Crippen molar-refractivity contribution in [2.24, 2.45) is 0 Å². The van der Waals surface area contributed by atoms with Gasteiger partial charge in [0.25, 0.3) is 0 Å². The van der Waals surface area contributed by atoms with Crippen molar-refractivity contribution in [1.29, 1.82) is 0 Å². The topological polar surface area (TPSA) is 66.6 Å². The number of H-pyrrole nitrogens is 1. The third kappa shape index (κ3) is 4.60. The molecule has 4 rings (SSSR count). The third-order valence-electron chi connectivity index (χ3n) is 5.51. The summed E-state index contributed by atoms with van der Waals surface area (Å²) in [5.41, 5.74) is 3.24. The fraction of sp³-hybridized carbons (Fsp3) is 0.348. The van der Waals surface area contributed by atoms with E-state index in [1.54, 1.807) is 7.11 Å². The summed E-state index contributed by atoms with van der Waals surface area (Å²) in [6.07, 6.45) is 2.29. The summed E-state index contributed by atoms with van der Waals surface area (Å²) in [6, 6.07) is 16.2. The van der Waals surface area contributed by atoms with Crippen LogP contribution in [0.1, 0.15) is 17.2 Å². The Bertz CT molecular complexity index is 945. The minimum Gasteiger partial charge on any atom is -0.497 e. The quantitative estimate of drug-likeness (QED) is 0.648. The van der Waals surface area contributed by atoms with E-state index in [1.807, 2.05) is 42.6 Å². The number of ether oxygens (including phenoxy) is 2. The molecule has 1 aliphatic heterocycles. The van der Waals surface area contributed by atoms with Crippen LogP contribution in [0.3, 0.4) is 0 Å². The Balaban J connectivity index is 1.44. The van der Waals surface area contributed by atoms with Gasteiger partial charge >= 0.3 is 0 Å². The van der Waals surface area contributed by atoms with Crippen LogP contribution in [-0.4, -0.2) is 55.7 Å². The number of carbonyl (C=O) groups is 1. The van der Waals surface area contributed by atoms with Gasteiger partial charge in [0.05, 0.1) is 32.8 Å². The van der Waals surface area contributed by atoms with Gasteiger partial charge in [0, 0.05) is 36.7 Å². The number of morpholine rings is 1. The van der Waals surface area contributed by atoms with Gasteiger partial charge in [-0.25, -0.2) is 0 Å². The first-order valence-electron chi connectivity index (χ1n) is 10.0. The number of nitrogens with zero attached hydrogens (tertiary/aromatic N) is 1. The molecule has 2 heterocycles. The summed E-state index contributed by atoms with van der Waals surface area (Å²) < 4.78 is 10.8. The zero-order chi connectivity index (χ0) is 20.1. The molecule has 2 aromatic carbocycles. The first-order chi connectivity index (χ1) is 14.2. The molecule has 0 radical (unpaired) electrons. The minimum absolute atomic E-state index is 0.0292. The minimum atomic E-state index is 0.0292. The number of methoxy groups -OCH3 is 1. The van der Waals surface area contributed by atoms with E-state index in [9.17, 15) is 4.79 Å².